The molecule has 0 radical (unpaired) electrons. The molecule has 2 unspecified atom stereocenters. The Morgan fingerprint density at radius 3 is 2.82 bits per heavy atom. The molecule has 17 heavy (non-hydrogen) atoms. The second-order valence-electron chi connectivity index (χ2n) is 5.04. The molecule has 1 N–H and O–H groups in total. The fourth-order valence-electron chi connectivity index (χ4n) is 2.84. The molecule has 92 valence electrons. The predicted molar refractivity (Wildman–Crippen MR) is 65.9 cm³/mol. The highest BCUT2D eigenvalue weighted by molar-refractivity contribution is 5.59. The van der Waals surface area contributed by atoms with Gasteiger partial charge in [-0.05, 0) is 31.4 Å². The number of fused-ring (bicyclic) bond motifs is 2. The average Bonchev–Trinajstić information content (AvgIpc) is 2.29. The van der Waals surface area contributed by atoms with E-state index >= 15 is 0 Å². The second kappa shape index (κ2) is 4.55. The molecule has 0 saturated heterocycles. The number of rotatable bonds is 0. The van der Waals surface area contributed by atoms with Gasteiger partial charge >= 0.3 is 0 Å². The lowest BCUT2D eigenvalue weighted by atomic mass is 9.93. The topological polar surface area (TPSA) is 21.3 Å². The van der Waals surface area contributed by atoms with Gasteiger partial charge in [0.2, 0.25) is 0 Å². The number of anilines is 1. The van der Waals surface area contributed by atoms with Crippen LogP contribution in [0.2, 0.25) is 0 Å². The summed E-state index contributed by atoms with van der Waals surface area (Å²) in [5.74, 6) is 0.595. The Bertz CT molecular complexity index is 407. The van der Waals surface area contributed by atoms with E-state index in [1.54, 1.807) is 6.07 Å². The summed E-state index contributed by atoms with van der Waals surface area (Å²) in [6.07, 6.45) is 7.58. The Hall–Kier alpha value is -1.25. The van der Waals surface area contributed by atoms with Gasteiger partial charge in [-0.2, -0.15) is 0 Å². The van der Waals surface area contributed by atoms with Crippen molar-refractivity contribution < 1.29 is 9.13 Å². The maximum absolute atomic E-state index is 13.2. The molecule has 1 heterocycles. The van der Waals surface area contributed by atoms with Gasteiger partial charge in [0.25, 0.3) is 0 Å². The SMILES string of the molecule is Fc1ccc2c(c1)NC1CCCCCCC1O2. The van der Waals surface area contributed by atoms with Gasteiger partial charge in [-0.15, -0.1) is 0 Å². The summed E-state index contributed by atoms with van der Waals surface area (Å²) in [5.41, 5.74) is 0.812. The Morgan fingerprint density at radius 1 is 1.12 bits per heavy atom. The Balaban J connectivity index is 1.84. The minimum atomic E-state index is -0.204. The van der Waals surface area contributed by atoms with Crippen LogP contribution < -0.4 is 10.1 Å². The normalized spacial score (nSPS) is 27.8. The smallest absolute Gasteiger partial charge is 0.143 e. The molecule has 0 spiro atoms. The maximum Gasteiger partial charge on any atom is 0.143 e. The van der Waals surface area contributed by atoms with E-state index < -0.39 is 0 Å². The molecule has 3 rings (SSSR count). The summed E-state index contributed by atoms with van der Waals surface area (Å²) in [7, 11) is 0. The molecule has 0 amide bonds. The second-order valence-corrected chi connectivity index (χ2v) is 5.04. The summed E-state index contributed by atoms with van der Waals surface area (Å²) in [6.45, 7) is 0. The van der Waals surface area contributed by atoms with Crippen molar-refractivity contribution in [3.63, 3.8) is 0 Å². The molecule has 1 aliphatic heterocycles. The van der Waals surface area contributed by atoms with Crippen LogP contribution in [0.15, 0.2) is 18.2 Å². The molecule has 1 aliphatic carbocycles. The van der Waals surface area contributed by atoms with Crippen LogP contribution in [-0.4, -0.2) is 12.1 Å². The van der Waals surface area contributed by atoms with Gasteiger partial charge in [0.05, 0.1) is 11.7 Å². The van der Waals surface area contributed by atoms with Crippen molar-refractivity contribution >= 4 is 5.69 Å². The number of nitrogens with one attached hydrogen (secondary N) is 1. The van der Waals surface area contributed by atoms with Crippen molar-refractivity contribution in [3.05, 3.63) is 24.0 Å². The van der Waals surface area contributed by atoms with Crippen molar-refractivity contribution in [2.45, 2.75) is 50.7 Å². The largest absolute Gasteiger partial charge is 0.486 e. The van der Waals surface area contributed by atoms with Crippen LogP contribution in [0.5, 0.6) is 5.75 Å². The molecule has 1 saturated carbocycles. The minimum Gasteiger partial charge on any atom is -0.486 e. The maximum atomic E-state index is 13.2. The summed E-state index contributed by atoms with van der Waals surface area (Å²) in [4.78, 5) is 0. The first kappa shape index (κ1) is 10.9. The summed E-state index contributed by atoms with van der Waals surface area (Å²) < 4.78 is 19.2. The van der Waals surface area contributed by atoms with E-state index in [9.17, 15) is 4.39 Å². The van der Waals surface area contributed by atoms with E-state index in [1.165, 1.54) is 37.8 Å². The van der Waals surface area contributed by atoms with Crippen LogP contribution in [0.1, 0.15) is 38.5 Å². The zero-order chi connectivity index (χ0) is 11.7. The van der Waals surface area contributed by atoms with E-state index in [4.69, 9.17) is 4.74 Å². The van der Waals surface area contributed by atoms with Gasteiger partial charge in [-0.3, -0.25) is 0 Å². The standard InChI is InChI=1S/C14H18FNO/c15-10-7-8-14-12(9-10)16-11-5-3-1-2-4-6-13(11)17-14/h7-9,11,13,16H,1-6H2. The molecule has 1 aromatic rings. The number of hydrogen-bond acceptors (Lipinski definition) is 2. The molecular formula is C14H18FNO. The lowest BCUT2D eigenvalue weighted by molar-refractivity contribution is 0.143. The summed E-state index contributed by atoms with van der Waals surface area (Å²) >= 11 is 0. The Morgan fingerprint density at radius 2 is 1.94 bits per heavy atom. The number of ether oxygens (including phenoxy) is 1. The van der Waals surface area contributed by atoms with E-state index in [1.807, 2.05) is 0 Å². The van der Waals surface area contributed by atoms with Crippen molar-refractivity contribution in [1.29, 1.82) is 0 Å². The van der Waals surface area contributed by atoms with Crippen molar-refractivity contribution in [2.24, 2.45) is 0 Å². The molecule has 2 aliphatic rings. The van der Waals surface area contributed by atoms with Gasteiger partial charge in [0, 0.05) is 6.07 Å². The van der Waals surface area contributed by atoms with Crippen LogP contribution in [0.25, 0.3) is 0 Å². The Kier molecular flexibility index (Phi) is 2.91. The third-order valence-electron chi connectivity index (χ3n) is 3.76. The fraction of sp³-hybridized carbons (Fsp3) is 0.571. The van der Waals surface area contributed by atoms with Crippen molar-refractivity contribution in [3.8, 4) is 5.75 Å². The molecule has 0 bridgehead atoms. The molecule has 1 fully saturated rings. The number of halogens is 1. The molecular weight excluding hydrogens is 217 g/mol. The van der Waals surface area contributed by atoms with Crippen LogP contribution in [0.3, 0.4) is 0 Å². The van der Waals surface area contributed by atoms with Crippen LogP contribution in [0, 0.1) is 5.82 Å². The Labute approximate surface area is 101 Å². The first-order valence-electron chi connectivity index (χ1n) is 6.56. The van der Waals surface area contributed by atoms with Gasteiger partial charge < -0.3 is 10.1 Å². The van der Waals surface area contributed by atoms with E-state index in [-0.39, 0.29) is 11.9 Å². The molecule has 1 aromatic carbocycles. The lowest BCUT2D eigenvalue weighted by Crippen LogP contribution is -2.42. The van der Waals surface area contributed by atoms with E-state index in [2.05, 4.69) is 5.32 Å². The number of hydrogen-bond donors (Lipinski definition) is 1. The highest BCUT2D eigenvalue weighted by atomic mass is 19.1. The number of benzene rings is 1. The molecule has 2 atom stereocenters. The average molecular weight is 235 g/mol. The first-order chi connectivity index (χ1) is 8.33. The molecule has 0 aromatic heterocycles. The third-order valence-corrected chi connectivity index (χ3v) is 3.76. The van der Waals surface area contributed by atoms with Crippen molar-refractivity contribution in [2.75, 3.05) is 5.32 Å². The van der Waals surface area contributed by atoms with Gasteiger partial charge in [0.15, 0.2) is 0 Å². The van der Waals surface area contributed by atoms with Crippen LogP contribution in [0.4, 0.5) is 10.1 Å². The minimum absolute atomic E-state index is 0.204. The highest BCUT2D eigenvalue weighted by Gasteiger charge is 2.29. The van der Waals surface area contributed by atoms with E-state index in [0.717, 1.165) is 24.3 Å². The highest BCUT2D eigenvalue weighted by Crippen LogP contribution is 2.35. The van der Waals surface area contributed by atoms with E-state index in [0.29, 0.717) is 6.04 Å². The van der Waals surface area contributed by atoms with Gasteiger partial charge in [0.1, 0.15) is 17.7 Å². The summed E-state index contributed by atoms with van der Waals surface area (Å²) in [6, 6.07) is 5.07. The lowest BCUT2D eigenvalue weighted by Gasteiger charge is -2.36. The van der Waals surface area contributed by atoms with Crippen LogP contribution in [-0.2, 0) is 0 Å². The zero-order valence-corrected chi connectivity index (χ0v) is 9.92. The quantitative estimate of drug-likeness (QED) is 0.740. The summed E-state index contributed by atoms with van der Waals surface area (Å²) in [5, 5.41) is 3.44. The van der Waals surface area contributed by atoms with Gasteiger partial charge in [-0.1, -0.05) is 19.3 Å². The monoisotopic (exact) mass is 235 g/mol. The zero-order valence-electron chi connectivity index (χ0n) is 9.92. The molecule has 3 heteroatoms. The van der Waals surface area contributed by atoms with Crippen LogP contribution >= 0.6 is 0 Å². The third kappa shape index (κ3) is 2.24. The fourth-order valence-corrected chi connectivity index (χ4v) is 2.84. The van der Waals surface area contributed by atoms with Gasteiger partial charge in [-0.25, -0.2) is 4.39 Å². The molecule has 2 nitrogen and oxygen atoms in total. The predicted octanol–water partition coefficient (Wildman–Crippen LogP) is 3.72. The first-order valence-corrected chi connectivity index (χ1v) is 6.56. The van der Waals surface area contributed by atoms with Crippen molar-refractivity contribution in [1.82, 2.24) is 0 Å².